The van der Waals surface area contributed by atoms with E-state index in [1.54, 1.807) is 30.3 Å². The molecule has 1 atom stereocenters. The van der Waals surface area contributed by atoms with E-state index in [0.29, 0.717) is 38.1 Å². The average molecular weight is 652 g/mol. The summed E-state index contributed by atoms with van der Waals surface area (Å²) in [6, 6.07) is 13.4. The van der Waals surface area contributed by atoms with Crippen LogP contribution < -0.4 is 15.0 Å². The molecule has 0 saturated carbocycles. The maximum Gasteiger partial charge on any atom is 0.282 e. The second-order valence-electron chi connectivity index (χ2n) is 8.31. The standard InChI is InChI=1S/C27H23Br2ClFN3O3/c1-4-15(2)26-33-21-10-9-18(28)12-19(21)27(35)34(26)32-13-17-11-22(36-3)25(24(30)23(17)29)37-14-16-7-5-6-8-20(16)31/h5-13,15H,4,14H2,1-3H3/t15-/m0/s1. The maximum absolute atomic E-state index is 14.0. The van der Waals surface area contributed by atoms with Crippen LogP contribution in [0.5, 0.6) is 11.5 Å². The highest BCUT2D eigenvalue weighted by Crippen LogP contribution is 2.42. The first-order valence-electron chi connectivity index (χ1n) is 11.4. The summed E-state index contributed by atoms with van der Waals surface area (Å²) in [5, 5.41) is 5.18. The van der Waals surface area contributed by atoms with Gasteiger partial charge in [-0.15, -0.1) is 0 Å². The molecule has 192 valence electrons. The van der Waals surface area contributed by atoms with Gasteiger partial charge in [0.15, 0.2) is 11.5 Å². The molecule has 0 aliphatic rings. The van der Waals surface area contributed by atoms with Crippen molar-refractivity contribution in [1.29, 1.82) is 0 Å². The average Bonchev–Trinajstić information content (AvgIpc) is 2.90. The normalized spacial score (nSPS) is 12.3. The van der Waals surface area contributed by atoms with Gasteiger partial charge in [0.05, 0.1) is 24.2 Å². The van der Waals surface area contributed by atoms with Crippen LogP contribution in [-0.2, 0) is 6.61 Å². The first-order valence-corrected chi connectivity index (χ1v) is 13.4. The molecule has 0 fully saturated rings. The van der Waals surface area contributed by atoms with Crippen molar-refractivity contribution in [2.75, 3.05) is 7.11 Å². The Hall–Kier alpha value is -2.75. The third-order valence-electron chi connectivity index (χ3n) is 5.90. The molecule has 0 aliphatic heterocycles. The number of ether oxygens (including phenoxy) is 2. The minimum absolute atomic E-state index is 0.00591. The highest BCUT2D eigenvalue weighted by Gasteiger charge is 2.19. The van der Waals surface area contributed by atoms with E-state index in [0.717, 1.165) is 10.9 Å². The Kier molecular flexibility index (Phi) is 8.67. The monoisotopic (exact) mass is 649 g/mol. The highest BCUT2D eigenvalue weighted by molar-refractivity contribution is 9.10. The van der Waals surface area contributed by atoms with Crippen molar-refractivity contribution in [3.8, 4) is 11.5 Å². The van der Waals surface area contributed by atoms with E-state index in [2.05, 4.69) is 37.0 Å². The summed E-state index contributed by atoms with van der Waals surface area (Å²) in [5.74, 6) is 0.761. The van der Waals surface area contributed by atoms with Crippen LogP contribution in [0.2, 0.25) is 5.02 Å². The number of methoxy groups -OCH3 is 1. The molecule has 3 aromatic carbocycles. The molecule has 0 N–H and O–H groups in total. The lowest BCUT2D eigenvalue weighted by Crippen LogP contribution is -2.23. The third kappa shape index (κ3) is 5.73. The van der Waals surface area contributed by atoms with Crippen molar-refractivity contribution in [2.45, 2.75) is 32.8 Å². The quantitative estimate of drug-likeness (QED) is 0.183. The molecule has 0 aliphatic carbocycles. The van der Waals surface area contributed by atoms with Gasteiger partial charge in [0.25, 0.3) is 5.56 Å². The minimum Gasteiger partial charge on any atom is -0.493 e. The van der Waals surface area contributed by atoms with E-state index in [4.69, 9.17) is 26.1 Å². The fourth-order valence-electron chi connectivity index (χ4n) is 3.65. The Morgan fingerprint density at radius 1 is 1.22 bits per heavy atom. The predicted molar refractivity (Wildman–Crippen MR) is 152 cm³/mol. The lowest BCUT2D eigenvalue weighted by molar-refractivity contribution is 0.279. The summed E-state index contributed by atoms with van der Waals surface area (Å²) in [7, 11) is 1.48. The molecule has 1 heterocycles. The summed E-state index contributed by atoms with van der Waals surface area (Å²) in [6.07, 6.45) is 2.29. The van der Waals surface area contributed by atoms with Crippen molar-refractivity contribution < 1.29 is 13.9 Å². The lowest BCUT2D eigenvalue weighted by Gasteiger charge is -2.16. The number of halogens is 4. The summed E-state index contributed by atoms with van der Waals surface area (Å²) in [4.78, 5) is 18.1. The second kappa shape index (κ2) is 11.8. The molecule has 0 bridgehead atoms. The number of hydrogen-bond acceptors (Lipinski definition) is 5. The smallest absolute Gasteiger partial charge is 0.282 e. The van der Waals surface area contributed by atoms with Crippen LogP contribution in [0.25, 0.3) is 10.9 Å². The molecular weight excluding hydrogens is 629 g/mol. The molecule has 1 aromatic heterocycles. The minimum atomic E-state index is -0.376. The van der Waals surface area contributed by atoms with Crippen LogP contribution in [-0.4, -0.2) is 23.0 Å². The first kappa shape index (κ1) is 27.3. The van der Waals surface area contributed by atoms with E-state index in [9.17, 15) is 9.18 Å². The molecule has 4 aromatic rings. The fourth-order valence-corrected chi connectivity index (χ4v) is 4.66. The molecule has 0 amide bonds. The van der Waals surface area contributed by atoms with Crippen molar-refractivity contribution >= 4 is 60.6 Å². The Labute approximate surface area is 235 Å². The van der Waals surface area contributed by atoms with Crippen LogP contribution in [0.4, 0.5) is 4.39 Å². The number of fused-ring (bicyclic) bond motifs is 1. The Balaban J connectivity index is 1.76. The van der Waals surface area contributed by atoms with Gasteiger partial charge in [-0.1, -0.05) is 59.6 Å². The molecule has 0 spiro atoms. The van der Waals surface area contributed by atoms with E-state index in [1.165, 1.54) is 24.1 Å². The Morgan fingerprint density at radius 2 is 1.97 bits per heavy atom. The van der Waals surface area contributed by atoms with Gasteiger partial charge in [-0.2, -0.15) is 9.78 Å². The molecular formula is C27H23Br2ClFN3O3. The van der Waals surface area contributed by atoms with Gasteiger partial charge < -0.3 is 9.47 Å². The zero-order valence-corrected chi connectivity index (χ0v) is 24.2. The molecule has 4 rings (SSSR count). The lowest BCUT2D eigenvalue weighted by atomic mass is 10.1. The topological polar surface area (TPSA) is 65.7 Å². The number of aromatic nitrogens is 2. The van der Waals surface area contributed by atoms with E-state index < -0.39 is 0 Å². The van der Waals surface area contributed by atoms with E-state index >= 15 is 0 Å². The fraction of sp³-hybridized carbons (Fsp3) is 0.222. The van der Waals surface area contributed by atoms with Gasteiger partial charge in [-0.25, -0.2) is 9.37 Å². The van der Waals surface area contributed by atoms with Crippen molar-refractivity contribution in [1.82, 2.24) is 9.66 Å². The van der Waals surface area contributed by atoms with Crippen LogP contribution in [0.15, 0.2) is 67.4 Å². The molecule has 10 heteroatoms. The molecule has 37 heavy (non-hydrogen) atoms. The Morgan fingerprint density at radius 3 is 2.68 bits per heavy atom. The van der Waals surface area contributed by atoms with Crippen LogP contribution >= 0.6 is 43.5 Å². The van der Waals surface area contributed by atoms with Crippen molar-refractivity contribution in [2.24, 2.45) is 5.10 Å². The summed E-state index contributed by atoms with van der Waals surface area (Å²) < 4.78 is 27.9. The number of nitrogens with zero attached hydrogens (tertiary/aromatic N) is 3. The highest BCUT2D eigenvalue weighted by atomic mass is 79.9. The van der Waals surface area contributed by atoms with Gasteiger partial charge in [0.1, 0.15) is 23.3 Å². The van der Waals surface area contributed by atoms with Crippen LogP contribution in [0, 0.1) is 5.82 Å². The molecule has 0 unspecified atom stereocenters. The van der Waals surface area contributed by atoms with Gasteiger partial charge in [-0.05, 0) is 52.7 Å². The van der Waals surface area contributed by atoms with Gasteiger partial charge in [-0.3, -0.25) is 4.79 Å². The van der Waals surface area contributed by atoms with E-state index in [-0.39, 0.29) is 34.7 Å². The summed E-state index contributed by atoms with van der Waals surface area (Å²) in [5.41, 5.74) is 1.26. The Bertz CT molecular complexity index is 1560. The summed E-state index contributed by atoms with van der Waals surface area (Å²) in [6.45, 7) is 3.99. The van der Waals surface area contributed by atoms with Crippen molar-refractivity contribution in [3.05, 3.63) is 95.6 Å². The molecule has 6 nitrogen and oxygen atoms in total. The largest absolute Gasteiger partial charge is 0.493 e. The number of rotatable bonds is 8. The second-order valence-corrected chi connectivity index (χ2v) is 10.4. The predicted octanol–water partition coefficient (Wildman–Crippen LogP) is 7.70. The summed E-state index contributed by atoms with van der Waals surface area (Å²) >= 11 is 13.5. The number of hydrogen-bond donors (Lipinski definition) is 0. The SMILES string of the molecule is CC[C@H](C)c1nc2ccc(Br)cc2c(=O)n1N=Cc1cc(OC)c(OCc2ccccc2F)c(Cl)c1Br. The van der Waals surface area contributed by atoms with Crippen LogP contribution in [0.3, 0.4) is 0 Å². The van der Waals surface area contributed by atoms with Gasteiger partial charge in [0, 0.05) is 26.0 Å². The van der Waals surface area contributed by atoms with Crippen LogP contribution in [0.1, 0.15) is 43.1 Å². The molecule has 0 radical (unpaired) electrons. The maximum atomic E-state index is 14.0. The first-order chi connectivity index (χ1) is 17.7. The third-order valence-corrected chi connectivity index (χ3v) is 7.84. The van der Waals surface area contributed by atoms with Gasteiger partial charge >= 0.3 is 0 Å². The zero-order valence-electron chi connectivity index (χ0n) is 20.3. The van der Waals surface area contributed by atoms with Crippen molar-refractivity contribution in [3.63, 3.8) is 0 Å². The van der Waals surface area contributed by atoms with Gasteiger partial charge in [0.2, 0.25) is 0 Å². The molecule has 0 saturated heterocycles. The van der Waals surface area contributed by atoms with E-state index in [1.807, 2.05) is 26.0 Å². The number of benzene rings is 3. The zero-order chi connectivity index (χ0) is 26.7.